The fourth-order valence-corrected chi connectivity index (χ4v) is 1.44. The molecule has 0 spiro atoms. The zero-order chi connectivity index (χ0) is 13.5. The van der Waals surface area contributed by atoms with Gasteiger partial charge >= 0.3 is 0 Å². The first-order valence-corrected chi connectivity index (χ1v) is 6.77. The summed E-state index contributed by atoms with van der Waals surface area (Å²) in [5.41, 5.74) is 0. The number of carbonyl (C=O) groups is 1. The molecule has 0 unspecified atom stereocenters. The average Bonchev–Trinajstić information content (AvgIpc) is 2.39. The van der Waals surface area contributed by atoms with Crippen molar-refractivity contribution in [3.8, 4) is 11.8 Å². The third-order valence-electron chi connectivity index (χ3n) is 2.50. The van der Waals surface area contributed by atoms with Crippen molar-refractivity contribution in [2.24, 2.45) is 0 Å². The summed E-state index contributed by atoms with van der Waals surface area (Å²) >= 11 is 0. The molecule has 0 aliphatic heterocycles. The van der Waals surface area contributed by atoms with Gasteiger partial charge in [0.2, 0.25) is 0 Å². The number of ketones is 1. The smallest absolute Gasteiger partial charge is 0.178 e. The van der Waals surface area contributed by atoms with Crippen molar-refractivity contribution in [1.29, 1.82) is 0 Å². The minimum absolute atomic E-state index is 0.105. The van der Waals surface area contributed by atoms with Crippen LogP contribution >= 0.6 is 0 Å². The third-order valence-corrected chi connectivity index (χ3v) is 2.50. The van der Waals surface area contributed by atoms with Gasteiger partial charge in [0.05, 0.1) is 0 Å². The predicted molar refractivity (Wildman–Crippen MR) is 79.3 cm³/mol. The van der Waals surface area contributed by atoms with E-state index in [1.165, 1.54) is 44.3 Å². The average molecular weight is 244 g/mol. The van der Waals surface area contributed by atoms with Crippen LogP contribution < -0.4 is 0 Å². The number of hydrogen-bond donors (Lipinski definition) is 0. The van der Waals surface area contributed by atoms with Crippen molar-refractivity contribution in [1.82, 2.24) is 0 Å². The molecule has 0 rings (SSSR count). The van der Waals surface area contributed by atoms with E-state index in [2.05, 4.69) is 37.5 Å². The zero-order valence-electron chi connectivity index (χ0n) is 11.5. The predicted octanol–water partition coefficient (Wildman–Crippen LogP) is 4.61. The number of rotatable bonds is 9. The quantitative estimate of drug-likeness (QED) is 0.250. The van der Waals surface area contributed by atoms with Gasteiger partial charge in [0, 0.05) is 6.42 Å². The van der Waals surface area contributed by atoms with Crippen molar-refractivity contribution in [2.75, 3.05) is 0 Å². The highest BCUT2D eigenvalue weighted by Gasteiger charge is 1.85. The van der Waals surface area contributed by atoms with Crippen LogP contribution in [-0.2, 0) is 4.79 Å². The summed E-state index contributed by atoms with van der Waals surface area (Å²) in [6.45, 7) is 5.61. The second-order valence-corrected chi connectivity index (χ2v) is 4.14. The van der Waals surface area contributed by atoms with E-state index in [-0.39, 0.29) is 5.78 Å². The summed E-state index contributed by atoms with van der Waals surface area (Å²) in [4.78, 5) is 10.8. The Morgan fingerprint density at radius 2 is 1.94 bits per heavy atom. The van der Waals surface area contributed by atoms with Crippen LogP contribution in [0.5, 0.6) is 0 Å². The van der Waals surface area contributed by atoms with Gasteiger partial charge in [-0.25, -0.2) is 0 Å². The van der Waals surface area contributed by atoms with Gasteiger partial charge in [-0.2, -0.15) is 0 Å². The Kier molecular flexibility index (Phi) is 12.4. The van der Waals surface area contributed by atoms with E-state index in [1.54, 1.807) is 6.08 Å². The first-order valence-electron chi connectivity index (χ1n) is 6.77. The lowest BCUT2D eigenvalue weighted by atomic mass is 10.1. The summed E-state index contributed by atoms with van der Waals surface area (Å²) in [5.74, 6) is 5.68. The van der Waals surface area contributed by atoms with Gasteiger partial charge in [0.15, 0.2) is 5.78 Å². The lowest BCUT2D eigenvalue weighted by molar-refractivity contribution is -0.110. The maximum absolute atomic E-state index is 10.8. The molecule has 18 heavy (non-hydrogen) atoms. The number of hydrogen-bond acceptors (Lipinski definition) is 1. The molecular formula is C17H24O. The molecule has 1 heteroatoms. The summed E-state index contributed by atoms with van der Waals surface area (Å²) in [5, 5.41) is 0. The zero-order valence-corrected chi connectivity index (χ0v) is 11.5. The Morgan fingerprint density at radius 1 is 1.17 bits per heavy atom. The van der Waals surface area contributed by atoms with E-state index in [1.807, 2.05) is 0 Å². The minimum atomic E-state index is -0.105. The largest absolute Gasteiger partial charge is 0.290 e. The van der Waals surface area contributed by atoms with Gasteiger partial charge < -0.3 is 0 Å². The molecule has 0 aromatic rings. The van der Waals surface area contributed by atoms with Crippen LogP contribution in [0.2, 0.25) is 0 Å². The molecule has 1 nitrogen and oxygen atoms in total. The molecule has 98 valence electrons. The standard InChI is InChI=1S/C17H24O/c1-3-5-6-7-8-9-10-11-12-13-14-15-16-17(18)4-2/h4,10-11,15-16H,2-3,5-9,12H2,1H3. The van der Waals surface area contributed by atoms with E-state index < -0.39 is 0 Å². The molecule has 0 aromatic carbocycles. The minimum Gasteiger partial charge on any atom is -0.290 e. The SMILES string of the molecule is C=CC(=O)C=CC#CCC=CCCCCCCC. The maximum Gasteiger partial charge on any atom is 0.178 e. The summed E-state index contributed by atoms with van der Waals surface area (Å²) in [6, 6.07) is 0. The molecule has 0 saturated heterocycles. The molecule has 0 amide bonds. The van der Waals surface area contributed by atoms with E-state index in [9.17, 15) is 4.79 Å². The second-order valence-electron chi connectivity index (χ2n) is 4.14. The highest BCUT2D eigenvalue weighted by Crippen LogP contribution is 2.05. The van der Waals surface area contributed by atoms with Gasteiger partial charge in [-0.3, -0.25) is 4.79 Å². The van der Waals surface area contributed by atoms with Crippen LogP contribution in [0.15, 0.2) is 37.0 Å². The fourth-order valence-electron chi connectivity index (χ4n) is 1.44. The molecule has 0 saturated carbocycles. The van der Waals surface area contributed by atoms with Crippen molar-refractivity contribution < 1.29 is 4.79 Å². The fraction of sp³-hybridized carbons (Fsp3) is 0.471. The van der Waals surface area contributed by atoms with Gasteiger partial charge in [-0.15, -0.1) is 0 Å². The number of unbranched alkanes of at least 4 members (excludes halogenated alkanes) is 5. The van der Waals surface area contributed by atoms with E-state index in [0.29, 0.717) is 0 Å². The van der Waals surface area contributed by atoms with Crippen LogP contribution in [-0.4, -0.2) is 5.78 Å². The number of carbonyl (C=O) groups excluding carboxylic acids is 1. The summed E-state index contributed by atoms with van der Waals surface area (Å²) in [7, 11) is 0. The maximum atomic E-state index is 10.8. The van der Waals surface area contributed by atoms with Crippen molar-refractivity contribution >= 4 is 5.78 Å². The van der Waals surface area contributed by atoms with Crippen LogP contribution in [0.3, 0.4) is 0 Å². The van der Waals surface area contributed by atoms with Crippen molar-refractivity contribution in [3.63, 3.8) is 0 Å². The number of allylic oxidation sites excluding steroid dienone is 5. The van der Waals surface area contributed by atoms with E-state index in [4.69, 9.17) is 0 Å². The highest BCUT2D eigenvalue weighted by molar-refractivity contribution is 5.98. The van der Waals surface area contributed by atoms with Crippen LogP contribution in [0, 0.1) is 11.8 Å². The topological polar surface area (TPSA) is 17.1 Å². The van der Waals surface area contributed by atoms with E-state index >= 15 is 0 Å². The van der Waals surface area contributed by atoms with Crippen LogP contribution in [0.1, 0.15) is 51.9 Å². The highest BCUT2D eigenvalue weighted by atomic mass is 16.1. The molecule has 0 fully saturated rings. The van der Waals surface area contributed by atoms with Crippen LogP contribution in [0.25, 0.3) is 0 Å². The summed E-state index contributed by atoms with van der Waals surface area (Å²) in [6.07, 6.45) is 17.1. The Bertz CT molecular complexity index is 336. The van der Waals surface area contributed by atoms with E-state index in [0.717, 1.165) is 12.8 Å². The Hall–Kier alpha value is -1.55. The molecule has 0 aliphatic rings. The molecule has 0 bridgehead atoms. The monoisotopic (exact) mass is 244 g/mol. The lowest BCUT2D eigenvalue weighted by Crippen LogP contribution is -1.80. The van der Waals surface area contributed by atoms with Crippen molar-refractivity contribution in [3.05, 3.63) is 37.0 Å². The molecule has 0 N–H and O–H groups in total. The molecule has 0 aliphatic carbocycles. The lowest BCUT2D eigenvalue weighted by Gasteiger charge is -1.95. The second kappa shape index (κ2) is 13.5. The normalized spacial score (nSPS) is 10.5. The Labute approximate surface area is 112 Å². The molecular weight excluding hydrogens is 220 g/mol. The molecule has 0 aromatic heterocycles. The molecule has 0 radical (unpaired) electrons. The van der Waals surface area contributed by atoms with Crippen molar-refractivity contribution in [2.45, 2.75) is 51.9 Å². The van der Waals surface area contributed by atoms with Gasteiger partial charge in [-0.05, 0) is 31.1 Å². The van der Waals surface area contributed by atoms with Gasteiger partial charge in [0.1, 0.15) is 0 Å². The first kappa shape index (κ1) is 16.4. The Morgan fingerprint density at radius 3 is 2.67 bits per heavy atom. The van der Waals surface area contributed by atoms with Gasteiger partial charge in [0.25, 0.3) is 0 Å². The molecule has 0 heterocycles. The third kappa shape index (κ3) is 12.5. The van der Waals surface area contributed by atoms with Gasteiger partial charge in [-0.1, -0.05) is 63.2 Å². The van der Waals surface area contributed by atoms with Crippen LogP contribution in [0.4, 0.5) is 0 Å². The summed E-state index contributed by atoms with van der Waals surface area (Å²) < 4.78 is 0. The molecule has 0 atom stereocenters. The Balaban J connectivity index is 3.48. The first-order chi connectivity index (χ1) is 8.81.